The van der Waals surface area contributed by atoms with E-state index in [0.29, 0.717) is 23.8 Å². The van der Waals surface area contributed by atoms with E-state index in [1.807, 2.05) is 0 Å². The van der Waals surface area contributed by atoms with Crippen LogP contribution in [0.1, 0.15) is 30.1 Å². The van der Waals surface area contributed by atoms with E-state index in [4.69, 9.17) is 9.47 Å². The molecule has 0 spiro atoms. The maximum absolute atomic E-state index is 12.1. The Morgan fingerprint density at radius 3 is 2.70 bits per heavy atom. The van der Waals surface area contributed by atoms with Gasteiger partial charge in [0.2, 0.25) is 10.0 Å². The number of hydrogen-bond acceptors (Lipinski definition) is 6. The second-order valence-corrected chi connectivity index (χ2v) is 7.83. The maximum atomic E-state index is 12.1. The quantitative estimate of drug-likeness (QED) is 0.529. The minimum atomic E-state index is -3.83. The average molecular weight is 392 g/mol. The Balaban J connectivity index is 2.00. The molecule has 144 valence electrons. The highest BCUT2D eigenvalue weighted by Crippen LogP contribution is 2.45. The van der Waals surface area contributed by atoms with Crippen molar-refractivity contribution in [1.82, 2.24) is 4.72 Å². The first-order valence-electron chi connectivity index (χ1n) is 8.42. The molecule has 0 fully saturated rings. The minimum Gasteiger partial charge on any atom is -0.494 e. The van der Waals surface area contributed by atoms with E-state index in [1.165, 1.54) is 13.1 Å². The Bertz CT molecular complexity index is 988. The molecule has 0 aromatic heterocycles. The van der Waals surface area contributed by atoms with E-state index in [2.05, 4.69) is 17.0 Å². The Hall–Kier alpha value is -2.78. The molecule has 0 amide bonds. The number of rotatable bonds is 7. The van der Waals surface area contributed by atoms with E-state index in [9.17, 15) is 18.3 Å². The highest BCUT2D eigenvalue weighted by atomic mass is 32.2. The van der Waals surface area contributed by atoms with Crippen LogP contribution in [0.5, 0.6) is 17.2 Å². The summed E-state index contributed by atoms with van der Waals surface area (Å²) in [5, 5.41) is 12.5. The highest BCUT2D eigenvalue weighted by Gasteiger charge is 2.27. The smallest absolute Gasteiger partial charge is 0.338 e. The van der Waals surface area contributed by atoms with E-state index in [0.717, 1.165) is 18.9 Å². The molecule has 3 N–H and O–H groups in total. The van der Waals surface area contributed by atoms with Crippen LogP contribution in [0.2, 0.25) is 0 Å². The molecule has 1 aliphatic rings. The highest BCUT2D eigenvalue weighted by molar-refractivity contribution is 7.89. The van der Waals surface area contributed by atoms with Crippen LogP contribution < -0.4 is 19.5 Å². The van der Waals surface area contributed by atoms with E-state index in [1.54, 1.807) is 18.2 Å². The third kappa shape index (κ3) is 3.83. The number of nitrogens with one attached hydrogen (secondary N) is 2. The summed E-state index contributed by atoms with van der Waals surface area (Å²) in [5.41, 5.74) is 0.531. The predicted octanol–water partition coefficient (Wildman–Crippen LogP) is 3.32. The predicted molar refractivity (Wildman–Crippen MR) is 99.8 cm³/mol. The molecular weight excluding hydrogens is 372 g/mol. The van der Waals surface area contributed by atoms with Gasteiger partial charge in [-0.15, -0.1) is 0 Å². The number of aromatic carboxylic acids is 1. The van der Waals surface area contributed by atoms with Gasteiger partial charge in [-0.05, 0) is 31.7 Å². The zero-order valence-electron chi connectivity index (χ0n) is 14.9. The standard InChI is InChI=1S/C18H20N2O6S/c1-3-4-7-25-11-5-6-15-14(8-11)20-17-13(18(21)22)9-12(10-16(17)26-15)27(23,24)19-2/h5-6,8-10,19-20H,3-4,7H2,1-2H3,(H,21,22). The van der Waals surface area contributed by atoms with Crippen molar-refractivity contribution in [3.8, 4) is 17.2 Å². The van der Waals surface area contributed by atoms with Gasteiger partial charge in [0.1, 0.15) is 5.75 Å². The molecule has 0 aliphatic carbocycles. The number of carboxylic acid groups (broad SMARTS) is 1. The topological polar surface area (TPSA) is 114 Å². The van der Waals surface area contributed by atoms with Crippen LogP contribution in [0.25, 0.3) is 0 Å². The molecule has 1 aliphatic heterocycles. The SMILES string of the molecule is CCCCOc1ccc2c(c1)Nc1c(cc(S(=O)(=O)NC)cc1C(=O)O)O2. The third-order valence-electron chi connectivity index (χ3n) is 4.08. The van der Waals surface area contributed by atoms with E-state index >= 15 is 0 Å². The number of fused-ring (bicyclic) bond motifs is 2. The number of carboxylic acids is 1. The van der Waals surface area contributed by atoms with Crippen molar-refractivity contribution in [2.24, 2.45) is 0 Å². The van der Waals surface area contributed by atoms with Crippen LogP contribution in [0, 0.1) is 0 Å². The van der Waals surface area contributed by atoms with Crippen LogP contribution in [-0.2, 0) is 10.0 Å². The van der Waals surface area contributed by atoms with Gasteiger partial charge in [-0.3, -0.25) is 0 Å². The van der Waals surface area contributed by atoms with E-state index in [-0.39, 0.29) is 21.9 Å². The molecule has 8 nitrogen and oxygen atoms in total. The average Bonchev–Trinajstić information content (AvgIpc) is 2.65. The van der Waals surface area contributed by atoms with Crippen molar-refractivity contribution in [2.75, 3.05) is 19.0 Å². The fraction of sp³-hybridized carbons (Fsp3) is 0.278. The Labute approximate surface area is 157 Å². The van der Waals surface area contributed by atoms with Crippen molar-refractivity contribution in [1.29, 1.82) is 0 Å². The Morgan fingerprint density at radius 1 is 1.26 bits per heavy atom. The lowest BCUT2D eigenvalue weighted by Gasteiger charge is -2.24. The van der Waals surface area contributed by atoms with Crippen molar-refractivity contribution >= 4 is 27.4 Å². The maximum Gasteiger partial charge on any atom is 0.338 e. The number of hydrogen-bond donors (Lipinski definition) is 3. The molecule has 2 aromatic carbocycles. The molecule has 0 saturated heterocycles. The molecule has 9 heteroatoms. The second-order valence-electron chi connectivity index (χ2n) is 5.94. The largest absolute Gasteiger partial charge is 0.494 e. The molecule has 3 rings (SSSR count). The van der Waals surface area contributed by atoms with Crippen LogP contribution in [-0.4, -0.2) is 33.1 Å². The number of carbonyl (C=O) groups is 1. The molecule has 0 radical (unpaired) electrons. The molecule has 0 bridgehead atoms. The van der Waals surface area contributed by atoms with Crippen molar-refractivity contribution in [3.63, 3.8) is 0 Å². The van der Waals surface area contributed by atoms with Crippen LogP contribution in [0.4, 0.5) is 11.4 Å². The van der Waals surface area contributed by atoms with Crippen molar-refractivity contribution in [3.05, 3.63) is 35.9 Å². The summed E-state index contributed by atoms with van der Waals surface area (Å²) in [6.45, 7) is 2.65. The molecule has 1 heterocycles. The van der Waals surface area contributed by atoms with Gasteiger partial charge in [0, 0.05) is 12.1 Å². The number of anilines is 2. The van der Waals surface area contributed by atoms with E-state index < -0.39 is 16.0 Å². The monoisotopic (exact) mass is 392 g/mol. The van der Waals surface area contributed by atoms with Gasteiger partial charge in [-0.2, -0.15) is 0 Å². The van der Waals surface area contributed by atoms with Crippen LogP contribution in [0.3, 0.4) is 0 Å². The molecule has 0 saturated carbocycles. The molecule has 0 atom stereocenters. The van der Waals surface area contributed by atoms with Crippen LogP contribution >= 0.6 is 0 Å². The number of ether oxygens (including phenoxy) is 2. The zero-order chi connectivity index (χ0) is 19.6. The minimum absolute atomic E-state index is 0.121. The summed E-state index contributed by atoms with van der Waals surface area (Å²) in [6.07, 6.45) is 1.94. The Kier molecular flexibility index (Phi) is 5.24. The summed E-state index contributed by atoms with van der Waals surface area (Å²) in [5.74, 6) is -0.0705. The van der Waals surface area contributed by atoms with Gasteiger partial charge in [0.15, 0.2) is 11.5 Å². The van der Waals surface area contributed by atoms with Gasteiger partial charge >= 0.3 is 5.97 Å². The fourth-order valence-corrected chi connectivity index (χ4v) is 3.39. The first kappa shape index (κ1) is 19.0. The van der Waals surface area contributed by atoms with Crippen LogP contribution in [0.15, 0.2) is 35.2 Å². The molecule has 2 aromatic rings. The fourth-order valence-electron chi connectivity index (χ4n) is 2.61. The first-order valence-corrected chi connectivity index (χ1v) is 9.90. The van der Waals surface area contributed by atoms with Crippen molar-refractivity contribution in [2.45, 2.75) is 24.7 Å². The summed E-state index contributed by atoms with van der Waals surface area (Å²) in [7, 11) is -2.57. The van der Waals surface area contributed by atoms with Gasteiger partial charge in [0.05, 0.1) is 28.4 Å². The lowest BCUT2D eigenvalue weighted by atomic mass is 10.1. The first-order chi connectivity index (χ1) is 12.9. The summed E-state index contributed by atoms with van der Waals surface area (Å²) >= 11 is 0. The lowest BCUT2D eigenvalue weighted by molar-refractivity contribution is 0.0697. The molecule has 0 unspecified atom stereocenters. The Morgan fingerprint density at radius 2 is 2.04 bits per heavy atom. The number of sulfonamides is 1. The number of unbranched alkanes of at least 4 members (excludes halogenated alkanes) is 1. The number of benzene rings is 2. The van der Waals surface area contributed by atoms with Crippen molar-refractivity contribution < 1.29 is 27.8 Å². The third-order valence-corrected chi connectivity index (χ3v) is 5.48. The van der Waals surface area contributed by atoms with Gasteiger partial charge in [-0.25, -0.2) is 17.9 Å². The van der Waals surface area contributed by atoms with Gasteiger partial charge in [0.25, 0.3) is 0 Å². The second kappa shape index (κ2) is 7.45. The summed E-state index contributed by atoms with van der Waals surface area (Å²) < 4.78 is 37.7. The molecule has 27 heavy (non-hydrogen) atoms. The zero-order valence-corrected chi connectivity index (χ0v) is 15.7. The summed E-state index contributed by atoms with van der Waals surface area (Å²) in [6, 6.07) is 7.53. The lowest BCUT2D eigenvalue weighted by Crippen LogP contribution is -2.20. The molecular formula is C18H20N2O6S. The summed E-state index contributed by atoms with van der Waals surface area (Å²) in [4.78, 5) is 11.5. The van der Waals surface area contributed by atoms with Gasteiger partial charge in [-0.1, -0.05) is 13.3 Å². The normalized spacial score (nSPS) is 12.4. The van der Waals surface area contributed by atoms with Gasteiger partial charge < -0.3 is 19.9 Å².